The molecule has 0 saturated carbocycles. The summed E-state index contributed by atoms with van der Waals surface area (Å²) in [5.41, 5.74) is 0.814. The van der Waals surface area contributed by atoms with Gasteiger partial charge in [-0.25, -0.2) is 0 Å². The van der Waals surface area contributed by atoms with Gasteiger partial charge in [-0.15, -0.1) is 0 Å². The second-order valence-corrected chi connectivity index (χ2v) is 3.34. The van der Waals surface area contributed by atoms with Gasteiger partial charge in [0.1, 0.15) is 0 Å². The second kappa shape index (κ2) is 4.77. The summed E-state index contributed by atoms with van der Waals surface area (Å²) < 4.78 is 0. The van der Waals surface area contributed by atoms with E-state index in [1.807, 2.05) is 30.3 Å². The molecule has 0 aromatic heterocycles. The third-order valence-electron chi connectivity index (χ3n) is 2.05. The lowest BCUT2D eigenvalue weighted by Crippen LogP contribution is -2.35. The first kappa shape index (κ1) is 10.7. The topological polar surface area (TPSA) is 49.3 Å². The summed E-state index contributed by atoms with van der Waals surface area (Å²) in [6.45, 7) is 3.22. The van der Waals surface area contributed by atoms with E-state index in [-0.39, 0.29) is 11.9 Å². The summed E-state index contributed by atoms with van der Waals surface area (Å²) >= 11 is 0. The van der Waals surface area contributed by atoms with Gasteiger partial charge in [-0.2, -0.15) is 0 Å². The van der Waals surface area contributed by atoms with Gasteiger partial charge in [-0.3, -0.25) is 4.79 Å². The molecule has 1 aromatic rings. The summed E-state index contributed by atoms with van der Waals surface area (Å²) in [5.74, 6) is -0.132. The fourth-order valence-electron chi connectivity index (χ4n) is 1.34. The first-order valence-electron chi connectivity index (χ1n) is 4.61. The van der Waals surface area contributed by atoms with Gasteiger partial charge in [-0.1, -0.05) is 30.3 Å². The Labute approximate surface area is 83.8 Å². The Morgan fingerprint density at radius 1 is 1.36 bits per heavy atom. The molecule has 0 heterocycles. The van der Waals surface area contributed by atoms with Crippen LogP contribution in [-0.2, 0) is 4.79 Å². The van der Waals surface area contributed by atoms with Crippen LogP contribution in [0.4, 0.5) is 0 Å². The molecule has 14 heavy (non-hydrogen) atoms. The highest BCUT2D eigenvalue weighted by atomic mass is 16.3. The van der Waals surface area contributed by atoms with Crippen molar-refractivity contribution >= 4 is 5.91 Å². The van der Waals surface area contributed by atoms with E-state index >= 15 is 0 Å². The number of aliphatic hydroxyl groups excluding tert-OH is 1. The predicted octanol–water partition coefficient (Wildman–Crippen LogP) is 1.24. The third kappa shape index (κ3) is 2.85. The van der Waals surface area contributed by atoms with Crippen molar-refractivity contribution in [3.63, 3.8) is 0 Å². The highest BCUT2D eigenvalue weighted by Crippen LogP contribution is 2.15. The fourth-order valence-corrected chi connectivity index (χ4v) is 1.34. The maximum atomic E-state index is 10.8. The van der Waals surface area contributed by atoms with E-state index in [0.29, 0.717) is 0 Å². The molecule has 1 aromatic carbocycles. The molecule has 2 atom stereocenters. The van der Waals surface area contributed by atoms with E-state index in [4.69, 9.17) is 0 Å². The highest BCUT2D eigenvalue weighted by Gasteiger charge is 2.16. The van der Waals surface area contributed by atoms with Crippen LogP contribution in [0.3, 0.4) is 0 Å². The number of carbonyl (C=O) groups excluding carboxylic acids is 1. The van der Waals surface area contributed by atoms with Gasteiger partial charge in [0.2, 0.25) is 5.91 Å². The Hall–Kier alpha value is -1.35. The summed E-state index contributed by atoms with van der Waals surface area (Å²) in [6, 6.07) is 9.01. The average molecular weight is 193 g/mol. The number of aliphatic hydroxyl groups is 1. The molecule has 1 rings (SSSR count). The average Bonchev–Trinajstić information content (AvgIpc) is 2.17. The maximum absolute atomic E-state index is 10.8. The standard InChI is InChI=1S/C11H15NO2/c1-8(12-9(2)13)11(14)10-6-4-3-5-7-10/h3-8,11,14H,1-2H3,(H,12,13). The fraction of sp³-hybridized carbons (Fsp3) is 0.364. The molecule has 3 nitrogen and oxygen atoms in total. The molecule has 0 aliphatic rings. The van der Waals surface area contributed by atoms with Gasteiger partial charge >= 0.3 is 0 Å². The SMILES string of the molecule is CC(=O)NC(C)C(O)c1ccccc1. The molecule has 0 spiro atoms. The number of benzene rings is 1. The van der Waals surface area contributed by atoms with Gasteiger partial charge in [0.25, 0.3) is 0 Å². The van der Waals surface area contributed by atoms with E-state index < -0.39 is 6.10 Å². The number of amides is 1. The molecule has 0 aliphatic carbocycles. The molecule has 2 unspecified atom stereocenters. The highest BCUT2D eigenvalue weighted by molar-refractivity contribution is 5.73. The van der Waals surface area contributed by atoms with Gasteiger partial charge in [0.15, 0.2) is 0 Å². The van der Waals surface area contributed by atoms with Crippen molar-refractivity contribution in [2.24, 2.45) is 0 Å². The van der Waals surface area contributed by atoms with Gasteiger partial charge < -0.3 is 10.4 Å². The quantitative estimate of drug-likeness (QED) is 0.759. The van der Waals surface area contributed by atoms with Crippen molar-refractivity contribution in [1.29, 1.82) is 0 Å². The Balaban J connectivity index is 2.65. The molecule has 0 radical (unpaired) electrons. The number of hydrogen-bond donors (Lipinski definition) is 2. The van der Waals surface area contributed by atoms with E-state index in [0.717, 1.165) is 5.56 Å². The molecular formula is C11H15NO2. The smallest absolute Gasteiger partial charge is 0.217 e. The molecule has 0 aliphatic heterocycles. The summed E-state index contributed by atoms with van der Waals surface area (Å²) in [5, 5.41) is 12.5. The molecule has 1 amide bonds. The number of nitrogens with one attached hydrogen (secondary N) is 1. The van der Waals surface area contributed by atoms with Crippen LogP contribution >= 0.6 is 0 Å². The van der Waals surface area contributed by atoms with Gasteiger partial charge in [-0.05, 0) is 12.5 Å². The Kier molecular flexibility index (Phi) is 3.65. The molecule has 76 valence electrons. The van der Waals surface area contributed by atoms with Crippen molar-refractivity contribution < 1.29 is 9.90 Å². The zero-order valence-electron chi connectivity index (χ0n) is 8.40. The minimum Gasteiger partial charge on any atom is -0.386 e. The van der Waals surface area contributed by atoms with Crippen LogP contribution in [0.15, 0.2) is 30.3 Å². The molecule has 0 bridgehead atoms. The molecule has 2 N–H and O–H groups in total. The third-order valence-corrected chi connectivity index (χ3v) is 2.05. The summed E-state index contributed by atoms with van der Waals surface area (Å²) in [4.78, 5) is 10.8. The monoisotopic (exact) mass is 193 g/mol. The van der Waals surface area contributed by atoms with E-state index in [9.17, 15) is 9.90 Å². The molecule has 3 heteroatoms. The van der Waals surface area contributed by atoms with E-state index in [2.05, 4.69) is 5.32 Å². The van der Waals surface area contributed by atoms with E-state index in [1.165, 1.54) is 6.92 Å². The van der Waals surface area contributed by atoms with Crippen LogP contribution in [0.1, 0.15) is 25.5 Å². The van der Waals surface area contributed by atoms with Crippen LogP contribution in [0.25, 0.3) is 0 Å². The molecular weight excluding hydrogens is 178 g/mol. The number of carbonyl (C=O) groups is 1. The summed E-state index contributed by atoms with van der Waals surface area (Å²) in [7, 11) is 0. The lowest BCUT2D eigenvalue weighted by molar-refractivity contribution is -0.120. The van der Waals surface area contributed by atoms with Crippen LogP contribution in [-0.4, -0.2) is 17.1 Å². The summed E-state index contributed by atoms with van der Waals surface area (Å²) in [6.07, 6.45) is -0.653. The molecule has 0 fully saturated rings. The van der Waals surface area contributed by atoms with Crippen molar-refractivity contribution in [2.45, 2.75) is 26.0 Å². The predicted molar refractivity (Wildman–Crippen MR) is 54.7 cm³/mol. The Morgan fingerprint density at radius 3 is 2.43 bits per heavy atom. The minimum absolute atomic E-state index is 0.132. The van der Waals surface area contributed by atoms with Crippen LogP contribution < -0.4 is 5.32 Å². The van der Waals surface area contributed by atoms with E-state index in [1.54, 1.807) is 6.92 Å². The van der Waals surface area contributed by atoms with Crippen LogP contribution in [0.5, 0.6) is 0 Å². The van der Waals surface area contributed by atoms with Gasteiger partial charge in [0.05, 0.1) is 12.1 Å². The van der Waals surface area contributed by atoms with Crippen LogP contribution in [0.2, 0.25) is 0 Å². The Bertz CT molecular complexity index is 297. The Morgan fingerprint density at radius 2 is 1.93 bits per heavy atom. The minimum atomic E-state index is -0.653. The molecule has 0 saturated heterocycles. The largest absolute Gasteiger partial charge is 0.386 e. The van der Waals surface area contributed by atoms with Crippen molar-refractivity contribution in [1.82, 2.24) is 5.32 Å². The number of hydrogen-bond acceptors (Lipinski definition) is 2. The lowest BCUT2D eigenvalue weighted by atomic mass is 10.0. The zero-order valence-corrected chi connectivity index (χ0v) is 8.40. The van der Waals surface area contributed by atoms with Crippen LogP contribution in [0, 0.1) is 0 Å². The first-order valence-corrected chi connectivity index (χ1v) is 4.61. The first-order chi connectivity index (χ1) is 6.61. The second-order valence-electron chi connectivity index (χ2n) is 3.34. The van der Waals surface area contributed by atoms with Gasteiger partial charge in [0, 0.05) is 6.92 Å². The van der Waals surface area contributed by atoms with Crippen molar-refractivity contribution in [3.8, 4) is 0 Å². The maximum Gasteiger partial charge on any atom is 0.217 e. The normalized spacial score (nSPS) is 14.5. The van der Waals surface area contributed by atoms with Crippen molar-refractivity contribution in [2.75, 3.05) is 0 Å². The van der Waals surface area contributed by atoms with Crippen molar-refractivity contribution in [3.05, 3.63) is 35.9 Å². The lowest BCUT2D eigenvalue weighted by Gasteiger charge is -2.19. The zero-order chi connectivity index (χ0) is 10.6. The number of rotatable bonds is 3.